The Morgan fingerprint density at radius 2 is 2.14 bits per heavy atom. The van der Waals surface area contributed by atoms with Gasteiger partial charge in [-0.25, -0.2) is 0 Å². The van der Waals surface area contributed by atoms with E-state index in [4.69, 9.17) is 0 Å². The first kappa shape index (κ1) is 16.1. The SMILES string of the molecule is CC(C)CNC(=O)C(C)n1ccc2c1CC(C)(C)CC2O. The van der Waals surface area contributed by atoms with Crippen molar-refractivity contribution in [3.63, 3.8) is 0 Å². The molecule has 0 aromatic carbocycles. The van der Waals surface area contributed by atoms with Crippen LogP contribution in [0.1, 0.15) is 64.4 Å². The number of aliphatic hydroxyl groups excluding tert-OH is 1. The minimum Gasteiger partial charge on any atom is -0.388 e. The highest BCUT2D eigenvalue weighted by molar-refractivity contribution is 5.80. The Morgan fingerprint density at radius 1 is 1.48 bits per heavy atom. The van der Waals surface area contributed by atoms with E-state index in [1.54, 1.807) is 0 Å². The van der Waals surface area contributed by atoms with Gasteiger partial charge in [0, 0.05) is 24.0 Å². The topological polar surface area (TPSA) is 54.3 Å². The van der Waals surface area contributed by atoms with Crippen molar-refractivity contribution in [2.75, 3.05) is 6.54 Å². The van der Waals surface area contributed by atoms with Gasteiger partial charge in [0.1, 0.15) is 6.04 Å². The Kier molecular flexibility index (Phi) is 4.47. The van der Waals surface area contributed by atoms with E-state index < -0.39 is 6.10 Å². The average molecular weight is 292 g/mol. The van der Waals surface area contributed by atoms with Crippen molar-refractivity contribution in [1.82, 2.24) is 9.88 Å². The van der Waals surface area contributed by atoms with Gasteiger partial charge in [0.2, 0.25) is 5.91 Å². The molecule has 21 heavy (non-hydrogen) atoms. The van der Waals surface area contributed by atoms with Crippen LogP contribution in [0.25, 0.3) is 0 Å². The molecule has 0 saturated heterocycles. The lowest BCUT2D eigenvalue weighted by Crippen LogP contribution is -2.35. The Balaban J connectivity index is 2.20. The van der Waals surface area contributed by atoms with E-state index in [9.17, 15) is 9.90 Å². The summed E-state index contributed by atoms with van der Waals surface area (Å²) < 4.78 is 2.02. The summed E-state index contributed by atoms with van der Waals surface area (Å²) in [5.41, 5.74) is 2.15. The molecule has 2 unspecified atom stereocenters. The third kappa shape index (κ3) is 3.49. The van der Waals surface area contributed by atoms with E-state index in [2.05, 4.69) is 33.0 Å². The zero-order valence-corrected chi connectivity index (χ0v) is 13.8. The van der Waals surface area contributed by atoms with Crippen molar-refractivity contribution in [2.24, 2.45) is 11.3 Å². The third-order valence-corrected chi connectivity index (χ3v) is 4.29. The molecule has 0 bridgehead atoms. The van der Waals surface area contributed by atoms with Crippen LogP contribution in [0.4, 0.5) is 0 Å². The Labute approximate surface area is 127 Å². The second kappa shape index (κ2) is 5.84. The van der Waals surface area contributed by atoms with Gasteiger partial charge in [-0.1, -0.05) is 27.7 Å². The van der Waals surface area contributed by atoms with Gasteiger partial charge in [-0.05, 0) is 37.2 Å². The zero-order chi connectivity index (χ0) is 15.8. The normalized spacial score (nSPS) is 22.0. The summed E-state index contributed by atoms with van der Waals surface area (Å²) in [5.74, 6) is 0.487. The monoisotopic (exact) mass is 292 g/mol. The Hall–Kier alpha value is -1.29. The number of amides is 1. The fraction of sp³-hybridized carbons (Fsp3) is 0.706. The molecule has 2 N–H and O–H groups in total. The number of aromatic nitrogens is 1. The minimum atomic E-state index is -0.420. The van der Waals surface area contributed by atoms with Crippen LogP contribution in [0.2, 0.25) is 0 Å². The summed E-state index contributed by atoms with van der Waals surface area (Å²) in [6.45, 7) is 11.1. The van der Waals surface area contributed by atoms with Gasteiger partial charge in [-0.2, -0.15) is 0 Å². The van der Waals surface area contributed by atoms with Gasteiger partial charge < -0.3 is 15.0 Å². The quantitative estimate of drug-likeness (QED) is 0.896. The fourth-order valence-corrected chi connectivity index (χ4v) is 3.09. The van der Waals surface area contributed by atoms with Crippen LogP contribution in [-0.2, 0) is 11.2 Å². The van der Waals surface area contributed by atoms with Gasteiger partial charge in [-0.15, -0.1) is 0 Å². The number of carbonyl (C=O) groups excluding carboxylic acids is 1. The van der Waals surface area contributed by atoms with Gasteiger partial charge in [0.05, 0.1) is 6.10 Å². The van der Waals surface area contributed by atoms with Crippen molar-refractivity contribution in [2.45, 2.75) is 59.6 Å². The highest BCUT2D eigenvalue weighted by Gasteiger charge is 2.34. The first-order valence-electron chi connectivity index (χ1n) is 7.86. The largest absolute Gasteiger partial charge is 0.388 e. The average Bonchev–Trinajstić information content (AvgIpc) is 2.77. The van der Waals surface area contributed by atoms with Crippen LogP contribution >= 0.6 is 0 Å². The number of fused-ring (bicyclic) bond motifs is 1. The minimum absolute atomic E-state index is 0.0416. The molecule has 0 radical (unpaired) electrons. The molecule has 0 fully saturated rings. The molecule has 1 amide bonds. The molecule has 118 valence electrons. The number of carbonyl (C=O) groups is 1. The van der Waals surface area contributed by atoms with Crippen molar-refractivity contribution in [3.8, 4) is 0 Å². The molecule has 2 atom stereocenters. The lowest BCUT2D eigenvalue weighted by molar-refractivity contribution is -0.124. The summed E-state index contributed by atoms with van der Waals surface area (Å²) >= 11 is 0. The molecule has 2 rings (SSSR count). The van der Waals surface area contributed by atoms with E-state index in [1.165, 1.54) is 0 Å². The third-order valence-electron chi connectivity index (χ3n) is 4.29. The van der Waals surface area contributed by atoms with Gasteiger partial charge in [-0.3, -0.25) is 4.79 Å². The molecule has 4 nitrogen and oxygen atoms in total. The second-order valence-electron chi connectivity index (χ2n) is 7.50. The van der Waals surface area contributed by atoms with E-state index in [-0.39, 0.29) is 17.4 Å². The lowest BCUT2D eigenvalue weighted by atomic mass is 9.75. The van der Waals surface area contributed by atoms with Gasteiger partial charge in [0.25, 0.3) is 0 Å². The number of rotatable bonds is 4. The summed E-state index contributed by atoms with van der Waals surface area (Å²) in [6, 6.07) is 1.72. The lowest BCUT2D eigenvalue weighted by Gasteiger charge is -2.34. The Morgan fingerprint density at radius 3 is 2.76 bits per heavy atom. The highest BCUT2D eigenvalue weighted by atomic mass is 16.3. The van der Waals surface area contributed by atoms with Crippen LogP contribution in [0.3, 0.4) is 0 Å². The first-order valence-corrected chi connectivity index (χ1v) is 7.86. The van der Waals surface area contributed by atoms with E-state index in [1.807, 2.05) is 23.8 Å². The van der Waals surface area contributed by atoms with Crippen LogP contribution < -0.4 is 5.32 Å². The van der Waals surface area contributed by atoms with Crippen molar-refractivity contribution >= 4 is 5.91 Å². The number of nitrogens with zero attached hydrogens (tertiary/aromatic N) is 1. The van der Waals surface area contributed by atoms with Crippen LogP contribution in [0.5, 0.6) is 0 Å². The molecule has 0 aliphatic heterocycles. The molecule has 0 spiro atoms. The van der Waals surface area contributed by atoms with Gasteiger partial charge >= 0.3 is 0 Å². The number of aliphatic hydroxyl groups is 1. The molecular weight excluding hydrogens is 264 g/mol. The van der Waals surface area contributed by atoms with Gasteiger partial charge in [0.15, 0.2) is 0 Å². The summed E-state index contributed by atoms with van der Waals surface area (Å²) in [4.78, 5) is 12.3. The van der Waals surface area contributed by atoms with Crippen LogP contribution in [0.15, 0.2) is 12.3 Å². The Bertz CT molecular complexity index is 517. The number of nitrogens with one attached hydrogen (secondary N) is 1. The van der Waals surface area contributed by atoms with Crippen LogP contribution in [-0.4, -0.2) is 22.1 Å². The van der Waals surface area contributed by atoms with E-state index in [0.717, 1.165) is 24.1 Å². The second-order valence-corrected chi connectivity index (χ2v) is 7.50. The predicted molar refractivity (Wildman–Crippen MR) is 84.1 cm³/mol. The summed E-state index contributed by atoms with van der Waals surface area (Å²) in [5, 5.41) is 13.3. The molecule has 1 aromatic heterocycles. The molecule has 1 aromatic rings. The number of hydrogen-bond acceptors (Lipinski definition) is 2. The van der Waals surface area contributed by atoms with Crippen molar-refractivity contribution < 1.29 is 9.90 Å². The summed E-state index contributed by atoms with van der Waals surface area (Å²) in [6.07, 6.45) is 3.19. The maximum atomic E-state index is 12.3. The van der Waals surface area contributed by atoms with Crippen molar-refractivity contribution in [3.05, 3.63) is 23.5 Å². The molecule has 4 heteroatoms. The van der Waals surface area contributed by atoms with Crippen LogP contribution in [0, 0.1) is 11.3 Å². The molecule has 0 saturated carbocycles. The molecule has 1 aliphatic carbocycles. The smallest absolute Gasteiger partial charge is 0.242 e. The fourth-order valence-electron chi connectivity index (χ4n) is 3.09. The standard InChI is InChI=1S/C17H28N2O2/c1-11(2)10-18-16(21)12(3)19-7-6-13-14(19)8-17(4,5)9-15(13)20/h6-7,11-12,15,20H,8-10H2,1-5H3,(H,18,21). The maximum absolute atomic E-state index is 12.3. The highest BCUT2D eigenvalue weighted by Crippen LogP contribution is 2.41. The first-order chi connectivity index (χ1) is 9.71. The molecular formula is C17H28N2O2. The van der Waals surface area contributed by atoms with Crippen molar-refractivity contribution in [1.29, 1.82) is 0 Å². The van der Waals surface area contributed by atoms with E-state index >= 15 is 0 Å². The molecule has 1 heterocycles. The maximum Gasteiger partial charge on any atom is 0.242 e. The zero-order valence-electron chi connectivity index (χ0n) is 13.8. The molecule has 1 aliphatic rings. The number of hydrogen-bond donors (Lipinski definition) is 2. The van der Waals surface area contributed by atoms with E-state index in [0.29, 0.717) is 12.5 Å². The summed E-state index contributed by atoms with van der Waals surface area (Å²) in [7, 11) is 0. The predicted octanol–water partition coefficient (Wildman–Crippen LogP) is 2.83.